The zero-order valence-electron chi connectivity index (χ0n) is 19.9. The molecule has 6 rings (SSSR count). The summed E-state index contributed by atoms with van der Waals surface area (Å²) in [5.41, 5.74) is 1.65. The van der Waals surface area contributed by atoms with Gasteiger partial charge in [-0.2, -0.15) is 0 Å². The monoisotopic (exact) mass is 596 g/mol. The number of nitrogens with zero attached hydrogens (tertiary/aromatic N) is 3. The zero-order valence-corrected chi connectivity index (χ0v) is 23.1. The van der Waals surface area contributed by atoms with Gasteiger partial charge < -0.3 is 5.32 Å². The van der Waals surface area contributed by atoms with E-state index in [0.717, 1.165) is 28.7 Å². The number of imide groups is 1. The Morgan fingerprint density at radius 1 is 0.974 bits per heavy atom. The van der Waals surface area contributed by atoms with E-state index in [9.17, 15) is 19.2 Å². The van der Waals surface area contributed by atoms with Crippen molar-refractivity contribution >= 4 is 75.4 Å². The average molecular weight is 598 g/mol. The number of anilines is 2. The fraction of sp³-hybridized carbons (Fsp3) is 0.148. The number of halogens is 2. The molecule has 2 unspecified atom stereocenters. The summed E-state index contributed by atoms with van der Waals surface area (Å²) in [6.07, 6.45) is 3.27. The van der Waals surface area contributed by atoms with Crippen molar-refractivity contribution in [1.29, 1.82) is 0 Å². The fourth-order valence-corrected chi connectivity index (χ4v) is 8.00. The van der Waals surface area contributed by atoms with E-state index in [1.807, 2.05) is 12.1 Å². The lowest BCUT2D eigenvalue weighted by Gasteiger charge is -2.30. The van der Waals surface area contributed by atoms with Gasteiger partial charge in [0.15, 0.2) is 0 Å². The van der Waals surface area contributed by atoms with Crippen LogP contribution in [0.15, 0.2) is 82.9 Å². The van der Waals surface area contributed by atoms with E-state index in [0.29, 0.717) is 26.3 Å². The van der Waals surface area contributed by atoms with Crippen LogP contribution in [0.25, 0.3) is 0 Å². The molecule has 2 aliphatic rings. The first-order valence-corrected chi connectivity index (χ1v) is 14.3. The van der Waals surface area contributed by atoms with Crippen LogP contribution in [-0.2, 0) is 20.9 Å². The normalized spacial score (nSPS) is 20.1. The van der Waals surface area contributed by atoms with Crippen molar-refractivity contribution in [2.75, 3.05) is 10.2 Å². The Morgan fingerprint density at radius 2 is 1.77 bits per heavy atom. The van der Waals surface area contributed by atoms with Crippen LogP contribution in [0, 0.1) is 5.92 Å². The van der Waals surface area contributed by atoms with E-state index in [-0.39, 0.29) is 28.3 Å². The molecule has 4 aromatic rings. The second kappa shape index (κ2) is 10.3. The quantitative estimate of drug-likeness (QED) is 0.324. The van der Waals surface area contributed by atoms with Gasteiger partial charge in [0.25, 0.3) is 0 Å². The van der Waals surface area contributed by atoms with Crippen molar-refractivity contribution in [2.45, 2.75) is 22.7 Å². The number of thioether (sulfide) groups is 1. The van der Waals surface area contributed by atoms with E-state index < -0.39 is 23.0 Å². The van der Waals surface area contributed by atoms with Gasteiger partial charge in [0.05, 0.1) is 26.7 Å². The second-order valence-electron chi connectivity index (χ2n) is 8.98. The molecule has 1 fully saturated rings. The Hall–Kier alpha value is -3.44. The minimum Gasteiger partial charge on any atom is -0.324 e. The Balaban J connectivity index is 1.39. The summed E-state index contributed by atoms with van der Waals surface area (Å²) in [6, 6.07) is 17.1. The third-order valence-electron chi connectivity index (χ3n) is 6.61. The minimum atomic E-state index is -0.770. The molecular formula is C27H18Cl2N4O4S2. The smallest absolute Gasteiger partial charge is 0.308 e. The molecule has 8 nitrogen and oxygen atoms in total. The highest BCUT2D eigenvalue weighted by atomic mass is 35.5. The van der Waals surface area contributed by atoms with Crippen LogP contribution in [0.2, 0.25) is 10.0 Å². The van der Waals surface area contributed by atoms with Crippen molar-refractivity contribution in [3.05, 3.63) is 103 Å². The second-order valence-corrected chi connectivity index (χ2v) is 11.9. The summed E-state index contributed by atoms with van der Waals surface area (Å²) in [6.45, 7) is -0.278. The lowest BCUT2D eigenvalue weighted by molar-refractivity contribution is -0.122. The van der Waals surface area contributed by atoms with Gasteiger partial charge in [-0.3, -0.25) is 28.7 Å². The molecule has 2 aromatic heterocycles. The summed E-state index contributed by atoms with van der Waals surface area (Å²) in [7, 11) is 0. The van der Waals surface area contributed by atoms with Gasteiger partial charge in [0.2, 0.25) is 17.7 Å². The molecule has 3 atom stereocenters. The number of rotatable bonds is 5. The average Bonchev–Trinajstić information content (AvgIpc) is 3.37. The maximum Gasteiger partial charge on any atom is 0.308 e. The minimum absolute atomic E-state index is 0.278. The Labute approximate surface area is 240 Å². The summed E-state index contributed by atoms with van der Waals surface area (Å²) < 4.78 is 1.36. The van der Waals surface area contributed by atoms with Gasteiger partial charge in [-0.05, 0) is 42.0 Å². The number of thiazole rings is 1. The van der Waals surface area contributed by atoms with Gasteiger partial charge in [0, 0.05) is 28.9 Å². The predicted molar refractivity (Wildman–Crippen MR) is 152 cm³/mol. The largest absolute Gasteiger partial charge is 0.324 e. The van der Waals surface area contributed by atoms with Crippen molar-refractivity contribution in [1.82, 2.24) is 9.55 Å². The first-order chi connectivity index (χ1) is 18.8. The number of fused-ring (bicyclic) bond motifs is 2. The first kappa shape index (κ1) is 25.8. The predicted octanol–water partition coefficient (Wildman–Crippen LogP) is 5.05. The van der Waals surface area contributed by atoms with E-state index in [1.165, 1.54) is 15.5 Å². The highest BCUT2D eigenvalue weighted by Gasteiger charge is 2.56. The standard InChI is InChI=1S/C27H18Cl2N4O4S2/c28-17-9-8-15(11-18(17)29)31-19(34)13-32-26-23(39-27(32)37)20(14-5-4-10-30-12-14)21-22(38-26)25(36)33(24(21)35)16-6-2-1-3-7-16/h1-12,20-22H,13H2,(H,31,34)/t20-,21?,22?/m1/s1. The van der Waals surface area contributed by atoms with Gasteiger partial charge in [-0.25, -0.2) is 4.90 Å². The van der Waals surface area contributed by atoms with Crippen LogP contribution in [-0.4, -0.2) is 32.5 Å². The molecule has 3 amide bonds. The molecule has 0 saturated carbocycles. The lowest BCUT2D eigenvalue weighted by Crippen LogP contribution is -2.33. The Kier molecular flexibility index (Phi) is 6.80. The number of carbonyl (C=O) groups is 3. The van der Waals surface area contributed by atoms with Crippen LogP contribution < -0.4 is 15.1 Å². The number of nitrogens with one attached hydrogen (secondary N) is 1. The van der Waals surface area contributed by atoms with Crippen molar-refractivity contribution < 1.29 is 14.4 Å². The lowest BCUT2D eigenvalue weighted by atomic mass is 9.84. The maximum absolute atomic E-state index is 13.8. The first-order valence-electron chi connectivity index (χ1n) is 11.8. The van der Waals surface area contributed by atoms with E-state index >= 15 is 0 Å². The molecular weight excluding hydrogens is 579 g/mol. The van der Waals surface area contributed by atoms with Gasteiger partial charge >= 0.3 is 4.87 Å². The van der Waals surface area contributed by atoms with Crippen molar-refractivity contribution in [3.63, 3.8) is 0 Å². The molecule has 1 saturated heterocycles. The van der Waals surface area contributed by atoms with E-state index in [2.05, 4.69) is 10.3 Å². The summed E-state index contributed by atoms with van der Waals surface area (Å²) >= 11 is 14.2. The molecule has 1 N–H and O–H groups in total. The number of benzene rings is 2. The number of amides is 3. The van der Waals surface area contributed by atoms with E-state index in [1.54, 1.807) is 54.9 Å². The zero-order chi connectivity index (χ0) is 27.3. The molecule has 2 aromatic carbocycles. The number of aromatic nitrogens is 2. The van der Waals surface area contributed by atoms with Crippen LogP contribution >= 0.6 is 46.3 Å². The van der Waals surface area contributed by atoms with Crippen LogP contribution in [0.3, 0.4) is 0 Å². The Morgan fingerprint density at radius 3 is 2.49 bits per heavy atom. The molecule has 0 spiro atoms. The van der Waals surface area contributed by atoms with Crippen molar-refractivity contribution in [2.24, 2.45) is 5.92 Å². The van der Waals surface area contributed by atoms with Gasteiger partial charge in [-0.1, -0.05) is 70.6 Å². The number of hydrogen-bond acceptors (Lipinski definition) is 7. The van der Waals surface area contributed by atoms with Crippen LogP contribution in [0.5, 0.6) is 0 Å². The molecule has 39 heavy (non-hydrogen) atoms. The molecule has 0 bridgehead atoms. The molecule has 12 heteroatoms. The third-order valence-corrected chi connectivity index (χ3v) is 9.96. The summed E-state index contributed by atoms with van der Waals surface area (Å²) in [5, 5.41) is 3.10. The number of hydrogen-bond donors (Lipinski definition) is 1. The van der Waals surface area contributed by atoms with E-state index in [4.69, 9.17) is 23.2 Å². The molecule has 0 radical (unpaired) electrons. The Bertz CT molecular complexity index is 1680. The maximum atomic E-state index is 13.8. The van der Waals surface area contributed by atoms with Crippen LogP contribution in [0.1, 0.15) is 16.4 Å². The molecule has 4 heterocycles. The van der Waals surface area contributed by atoms with Crippen LogP contribution in [0.4, 0.5) is 11.4 Å². The summed E-state index contributed by atoms with van der Waals surface area (Å²) in [4.78, 5) is 59.3. The fourth-order valence-electron chi connectivity index (χ4n) is 4.92. The SMILES string of the molecule is O=C(Cn1c2c(sc1=O)[C@H](c1cccnc1)C1C(=O)N(c3ccccc3)C(=O)C1S2)Nc1ccc(Cl)c(Cl)c1. The number of pyridine rings is 1. The van der Waals surface area contributed by atoms with Gasteiger partial charge in [0.1, 0.15) is 11.8 Å². The highest BCUT2D eigenvalue weighted by Crippen LogP contribution is 2.53. The third kappa shape index (κ3) is 4.57. The topological polar surface area (TPSA) is 101 Å². The van der Waals surface area contributed by atoms with Crippen molar-refractivity contribution in [3.8, 4) is 0 Å². The molecule has 196 valence electrons. The molecule has 0 aliphatic carbocycles. The molecule has 2 aliphatic heterocycles. The number of para-hydroxylation sites is 1. The highest BCUT2D eigenvalue weighted by molar-refractivity contribution is 8.00. The number of carbonyl (C=O) groups excluding carboxylic acids is 3. The van der Waals surface area contributed by atoms with Gasteiger partial charge in [-0.15, -0.1) is 0 Å². The summed E-state index contributed by atoms with van der Waals surface area (Å²) in [5.74, 6) is -2.42.